The quantitative estimate of drug-likeness (QED) is 0.780. The van der Waals surface area contributed by atoms with Crippen molar-refractivity contribution in [1.82, 2.24) is 0 Å². The van der Waals surface area contributed by atoms with Crippen LogP contribution in [0.5, 0.6) is 0 Å². The number of para-hydroxylation sites is 1. The highest BCUT2D eigenvalue weighted by Crippen LogP contribution is 2.40. The molecule has 108 valence electrons. The van der Waals surface area contributed by atoms with E-state index in [9.17, 15) is 13.2 Å². The molecule has 0 aliphatic carbocycles. The summed E-state index contributed by atoms with van der Waals surface area (Å²) in [7, 11) is 0. The number of benzene rings is 1. The second kappa shape index (κ2) is 7.05. The number of alkyl halides is 3. The van der Waals surface area contributed by atoms with Crippen LogP contribution < -0.4 is 11.1 Å². The van der Waals surface area contributed by atoms with Gasteiger partial charge in [-0.1, -0.05) is 26.0 Å². The monoisotopic (exact) mass is 292 g/mol. The zero-order chi connectivity index (χ0) is 14.5. The molecule has 0 fully saturated rings. The molecule has 0 amide bonds. The van der Waals surface area contributed by atoms with Crippen LogP contribution >= 0.6 is 11.8 Å². The maximum atomic E-state index is 12.4. The Balaban J connectivity index is 2.73. The Morgan fingerprint density at radius 2 is 1.89 bits per heavy atom. The van der Waals surface area contributed by atoms with Gasteiger partial charge < -0.3 is 11.1 Å². The first-order chi connectivity index (χ1) is 8.83. The number of hydrogen-bond donors (Lipinski definition) is 2. The van der Waals surface area contributed by atoms with E-state index < -0.39 is 5.51 Å². The molecule has 0 aromatic heterocycles. The van der Waals surface area contributed by atoms with Crippen LogP contribution in [-0.4, -0.2) is 18.6 Å². The maximum absolute atomic E-state index is 12.4. The van der Waals surface area contributed by atoms with E-state index in [1.807, 2.05) is 0 Å². The van der Waals surface area contributed by atoms with Crippen LogP contribution in [0.25, 0.3) is 0 Å². The van der Waals surface area contributed by atoms with E-state index in [-0.39, 0.29) is 22.6 Å². The van der Waals surface area contributed by atoms with Crippen LogP contribution in [-0.2, 0) is 0 Å². The predicted molar refractivity (Wildman–Crippen MR) is 74.2 cm³/mol. The second-order valence-corrected chi connectivity index (χ2v) is 5.77. The molecule has 0 heterocycles. The molecule has 1 aromatic rings. The number of hydrogen-bond acceptors (Lipinski definition) is 3. The van der Waals surface area contributed by atoms with Crippen molar-refractivity contribution in [2.24, 2.45) is 17.6 Å². The van der Waals surface area contributed by atoms with E-state index in [2.05, 4.69) is 19.2 Å². The van der Waals surface area contributed by atoms with Gasteiger partial charge >= 0.3 is 5.51 Å². The lowest BCUT2D eigenvalue weighted by atomic mass is 9.96. The van der Waals surface area contributed by atoms with Crippen molar-refractivity contribution in [3.05, 3.63) is 24.3 Å². The first-order valence-electron chi connectivity index (χ1n) is 6.12. The molecule has 0 aliphatic heterocycles. The summed E-state index contributed by atoms with van der Waals surface area (Å²) in [4.78, 5) is 0.189. The molecule has 1 atom stereocenters. The average molecular weight is 292 g/mol. The van der Waals surface area contributed by atoms with Crippen molar-refractivity contribution >= 4 is 17.4 Å². The van der Waals surface area contributed by atoms with Crippen LogP contribution in [0.4, 0.5) is 18.9 Å². The normalized spacial score (nSPS) is 13.6. The summed E-state index contributed by atoms with van der Waals surface area (Å²) in [6.45, 7) is 5.19. The van der Waals surface area contributed by atoms with E-state index in [0.717, 1.165) is 0 Å². The third-order valence-electron chi connectivity index (χ3n) is 2.91. The van der Waals surface area contributed by atoms with Crippen LogP contribution in [0.3, 0.4) is 0 Å². The molecule has 0 bridgehead atoms. The third-order valence-corrected chi connectivity index (χ3v) is 3.72. The van der Waals surface area contributed by atoms with Crippen LogP contribution in [0.2, 0.25) is 0 Å². The van der Waals surface area contributed by atoms with Gasteiger partial charge in [-0.15, -0.1) is 0 Å². The fourth-order valence-corrected chi connectivity index (χ4v) is 2.30. The molecule has 1 rings (SSSR count). The lowest BCUT2D eigenvalue weighted by Crippen LogP contribution is -2.27. The van der Waals surface area contributed by atoms with Gasteiger partial charge in [-0.05, 0) is 42.3 Å². The van der Waals surface area contributed by atoms with Crippen molar-refractivity contribution in [2.75, 3.05) is 18.4 Å². The lowest BCUT2D eigenvalue weighted by Gasteiger charge is -2.21. The van der Waals surface area contributed by atoms with Crippen LogP contribution in [0.1, 0.15) is 13.8 Å². The highest BCUT2D eigenvalue weighted by molar-refractivity contribution is 8.00. The summed E-state index contributed by atoms with van der Waals surface area (Å²) in [5.74, 6) is 0.629. The minimum atomic E-state index is -4.27. The molecule has 2 nitrogen and oxygen atoms in total. The average Bonchev–Trinajstić information content (AvgIpc) is 2.29. The summed E-state index contributed by atoms with van der Waals surface area (Å²) < 4.78 is 37.3. The van der Waals surface area contributed by atoms with Gasteiger partial charge in [0.2, 0.25) is 0 Å². The highest BCUT2D eigenvalue weighted by atomic mass is 32.2. The molecule has 19 heavy (non-hydrogen) atoms. The predicted octanol–water partition coefficient (Wildman–Crippen LogP) is 3.94. The van der Waals surface area contributed by atoms with Gasteiger partial charge in [0.05, 0.1) is 0 Å². The first-order valence-corrected chi connectivity index (χ1v) is 6.94. The number of halogens is 3. The molecule has 0 saturated carbocycles. The van der Waals surface area contributed by atoms with Gasteiger partial charge in [0.25, 0.3) is 0 Å². The topological polar surface area (TPSA) is 38.0 Å². The Bertz CT molecular complexity index is 394. The molecular weight excluding hydrogens is 273 g/mol. The third kappa shape index (κ3) is 5.74. The summed E-state index contributed by atoms with van der Waals surface area (Å²) in [6.07, 6.45) is 0. The SMILES string of the molecule is CC(C)C(CN)CNc1ccccc1SC(F)(F)F. The van der Waals surface area contributed by atoms with Gasteiger partial charge in [-0.25, -0.2) is 0 Å². The molecule has 0 spiro atoms. The first kappa shape index (κ1) is 16.2. The van der Waals surface area contributed by atoms with Crippen molar-refractivity contribution in [3.63, 3.8) is 0 Å². The fourth-order valence-electron chi connectivity index (χ4n) is 1.66. The van der Waals surface area contributed by atoms with Gasteiger partial charge in [-0.2, -0.15) is 13.2 Å². The minimum absolute atomic E-state index is 0.0987. The summed E-state index contributed by atoms with van der Waals surface area (Å²) in [6, 6.07) is 6.44. The number of nitrogens with one attached hydrogen (secondary N) is 1. The molecular formula is C13H19F3N2S. The molecule has 6 heteroatoms. The summed E-state index contributed by atoms with van der Waals surface area (Å²) in [5.41, 5.74) is 1.88. The van der Waals surface area contributed by atoms with Crippen LogP contribution in [0, 0.1) is 11.8 Å². The Morgan fingerprint density at radius 3 is 2.42 bits per heavy atom. The van der Waals surface area contributed by atoms with Crippen molar-refractivity contribution in [1.29, 1.82) is 0 Å². The standard InChI is InChI=1S/C13H19F3N2S/c1-9(2)10(7-17)8-18-11-5-3-4-6-12(11)19-13(14,15)16/h3-6,9-10,18H,7-8,17H2,1-2H3. The van der Waals surface area contributed by atoms with Crippen LogP contribution in [0.15, 0.2) is 29.2 Å². The molecule has 1 unspecified atom stereocenters. The molecule has 0 radical (unpaired) electrons. The zero-order valence-corrected chi connectivity index (χ0v) is 11.8. The highest BCUT2D eigenvalue weighted by Gasteiger charge is 2.30. The summed E-state index contributed by atoms with van der Waals surface area (Å²) in [5, 5.41) is 3.07. The van der Waals surface area contributed by atoms with Gasteiger partial charge in [0.1, 0.15) is 0 Å². The zero-order valence-electron chi connectivity index (χ0n) is 11.0. The van der Waals surface area contributed by atoms with Crippen molar-refractivity contribution < 1.29 is 13.2 Å². The number of thioether (sulfide) groups is 1. The van der Waals surface area contributed by atoms with E-state index >= 15 is 0 Å². The Hall–Kier alpha value is -0.880. The van der Waals surface area contributed by atoms with Crippen molar-refractivity contribution in [3.8, 4) is 0 Å². The smallest absolute Gasteiger partial charge is 0.384 e. The molecule has 3 N–H and O–H groups in total. The molecule has 1 aromatic carbocycles. The largest absolute Gasteiger partial charge is 0.446 e. The Morgan fingerprint density at radius 1 is 1.26 bits per heavy atom. The summed E-state index contributed by atoms with van der Waals surface area (Å²) >= 11 is -0.0987. The number of nitrogens with two attached hydrogens (primary N) is 1. The van der Waals surface area contributed by atoms with E-state index in [0.29, 0.717) is 24.7 Å². The van der Waals surface area contributed by atoms with Crippen molar-refractivity contribution in [2.45, 2.75) is 24.3 Å². The van der Waals surface area contributed by atoms with E-state index in [1.54, 1.807) is 18.2 Å². The Labute approximate surface area is 115 Å². The molecule has 0 saturated heterocycles. The van der Waals surface area contributed by atoms with E-state index in [1.165, 1.54) is 6.07 Å². The second-order valence-electron chi connectivity index (χ2n) is 4.66. The van der Waals surface area contributed by atoms with Gasteiger partial charge in [0.15, 0.2) is 0 Å². The van der Waals surface area contributed by atoms with E-state index in [4.69, 9.17) is 5.73 Å². The number of rotatable bonds is 6. The fraction of sp³-hybridized carbons (Fsp3) is 0.538. The number of anilines is 1. The van der Waals surface area contributed by atoms with Gasteiger partial charge in [0, 0.05) is 17.1 Å². The molecule has 0 aliphatic rings. The van der Waals surface area contributed by atoms with Gasteiger partial charge in [-0.3, -0.25) is 0 Å². The Kier molecular flexibility index (Phi) is 6.00. The maximum Gasteiger partial charge on any atom is 0.446 e. The lowest BCUT2D eigenvalue weighted by molar-refractivity contribution is -0.0327. The minimum Gasteiger partial charge on any atom is -0.384 e.